The van der Waals surface area contributed by atoms with Crippen LogP contribution in [0.5, 0.6) is 0 Å². The Hall–Kier alpha value is -1.09. The van der Waals surface area contributed by atoms with Crippen molar-refractivity contribution in [1.82, 2.24) is 0 Å². The molecular weight excluding hydrogens is 217 g/mol. The van der Waals surface area contributed by atoms with Crippen LogP contribution in [0.15, 0.2) is 18.2 Å². The summed E-state index contributed by atoms with van der Waals surface area (Å²) < 4.78 is 13.9. The van der Waals surface area contributed by atoms with Gasteiger partial charge >= 0.3 is 0 Å². The summed E-state index contributed by atoms with van der Waals surface area (Å²) in [5.41, 5.74) is 1.14. The lowest BCUT2D eigenvalue weighted by Crippen LogP contribution is -2.34. The monoisotopic (exact) mass is 239 g/mol. The molecule has 0 saturated carbocycles. The van der Waals surface area contributed by atoms with Gasteiger partial charge in [0.05, 0.1) is 11.8 Å². The molecule has 0 radical (unpaired) electrons. The van der Waals surface area contributed by atoms with Gasteiger partial charge in [-0.15, -0.1) is 0 Å². The van der Waals surface area contributed by atoms with E-state index in [2.05, 4.69) is 20.8 Å². The minimum absolute atomic E-state index is 0.212. The summed E-state index contributed by atoms with van der Waals surface area (Å²) in [5, 5.41) is 9.70. The van der Waals surface area contributed by atoms with Crippen molar-refractivity contribution in [3.05, 3.63) is 29.6 Å². The van der Waals surface area contributed by atoms with Crippen molar-refractivity contribution in [1.29, 1.82) is 0 Å². The number of rotatable bonds is 4. The first-order chi connectivity index (χ1) is 7.86. The standard InChI is InChI=1S/C14H22FNO/c1-9(2)10(3)16(5)14-12(11(4)17)7-6-8-13(14)15/h6-11,17H,1-5H3. The quantitative estimate of drug-likeness (QED) is 0.871. The molecule has 0 aliphatic carbocycles. The van der Waals surface area contributed by atoms with Crippen LogP contribution in [0, 0.1) is 11.7 Å². The van der Waals surface area contributed by atoms with Gasteiger partial charge in [0.1, 0.15) is 5.82 Å². The van der Waals surface area contributed by atoms with Crippen LogP contribution in [0.1, 0.15) is 39.4 Å². The van der Waals surface area contributed by atoms with Crippen LogP contribution in [-0.4, -0.2) is 18.2 Å². The van der Waals surface area contributed by atoms with Gasteiger partial charge in [0.2, 0.25) is 0 Å². The molecule has 2 nitrogen and oxygen atoms in total. The van der Waals surface area contributed by atoms with E-state index in [0.29, 0.717) is 17.2 Å². The van der Waals surface area contributed by atoms with Crippen LogP contribution >= 0.6 is 0 Å². The second-order valence-electron chi connectivity index (χ2n) is 4.95. The highest BCUT2D eigenvalue weighted by Gasteiger charge is 2.21. The summed E-state index contributed by atoms with van der Waals surface area (Å²) >= 11 is 0. The summed E-state index contributed by atoms with van der Waals surface area (Å²) in [7, 11) is 1.87. The maximum atomic E-state index is 13.9. The highest BCUT2D eigenvalue weighted by molar-refractivity contribution is 5.56. The zero-order chi connectivity index (χ0) is 13.2. The van der Waals surface area contributed by atoms with E-state index < -0.39 is 6.10 Å². The molecule has 17 heavy (non-hydrogen) atoms. The molecule has 96 valence electrons. The highest BCUT2D eigenvalue weighted by atomic mass is 19.1. The molecule has 0 aliphatic heterocycles. The highest BCUT2D eigenvalue weighted by Crippen LogP contribution is 2.30. The normalized spacial score (nSPS) is 14.8. The van der Waals surface area contributed by atoms with Gasteiger partial charge in [0.15, 0.2) is 0 Å². The third kappa shape index (κ3) is 2.97. The van der Waals surface area contributed by atoms with E-state index in [9.17, 15) is 9.50 Å². The Kier molecular flexibility index (Phi) is 4.52. The van der Waals surface area contributed by atoms with Crippen molar-refractivity contribution in [2.24, 2.45) is 5.92 Å². The van der Waals surface area contributed by atoms with E-state index in [0.717, 1.165) is 0 Å². The number of aliphatic hydroxyl groups excluding tert-OH is 1. The predicted molar refractivity (Wildman–Crippen MR) is 69.7 cm³/mol. The average Bonchev–Trinajstić information content (AvgIpc) is 2.26. The van der Waals surface area contributed by atoms with Crippen LogP contribution < -0.4 is 4.90 Å². The van der Waals surface area contributed by atoms with Crippen molar-refractivity contribution in [2.45, 2.75) is 39.8 Å². The average molecular weight is 239 g/mol. The third-order valence-corrected chi connectivity index (χ3v) is 3.40. The first kappa shape index (κ1) is 14.0. The van der Waals surface area contributed by atoms with E-state index in [-0.39, 0.29) is 11.9 Å². The fourth-order valence-corrected chi connectivity index (χ4v) is 1.89. The smallest absolute Gasteiger partial charge is 0.146 e. The lowest BCUT2D eigenvalue weighted by Gasteiger charge is -2.32. The maximum Gasteiger partial charge on any atom is 0.146 e. The molecule has 0 fully saturated rings. The van der Waals surface area contributed by atoms with Gasteiger partial charge in [-0.1, -0.05) is 26.0 Å². The summed E-state index contributed by atoms with van der Waals surface area (Å²) in [5.74, 6) is 0.139. The number of hydrogen-bond acceptors (Lipinski definition) is 2. The third-order valence-electron chi connectivity index (χ3n) is 3.40. The van der Waals surface area contributed by atoms with E-state index in [1.807, 2.05) is 11.9 Å². The van der Waals surface area contributed by atoms with Crippen LogP contribution in [0.4, 0.5) is 10.1 Å². The number of anilines is 1. The summed E-state index contributed by atoms with van der Waals surface area (Å²) in [6.07, 6.45) is -0.664. The number of benzene rings is 1. The molecule has 2 atom stereocenters. The molecule has 1 rings (SSSR count). The van der Waals surface area contributed by atoms with Crippen LogP contribution in [0.2, 0.25) is 0 Å². The van der Waals surface area contributed by atoms with Crippen molar-refractivity contribution >= 4 is 5.69 Å². The Balaban J connectivity index is 3.20. The molecule has 1 aromatic carbocycles. The van der Waals surface area contributed by atoms with Gasteiger partial charge in [-0.05, 0) is 25.8 Å². The number of halogens is 1. The molecule has 0 amide bonds. The van der Waals surface area contributed by atoms with E-state index in [4.69, 9.17) is 0 Å². The van der Waals surface area contributed by atoms with Crippen LogP contribution in [0.25, 0.3) is 0 Å². The zero-order valence-electron chi connectivity index (χ0n) is 11.2. The summed E-state index contributed by atoms with van der Waals surface area (Å²) in [6, 6.07) is 5.05. The molecule has 0 aromatic heterocycles. The number of aliphatic hydroxyl groups is 1. The summed E-state index contributed by atoms with van der Waals surface area (Å²) in [6.45, 7) is 7.92. The minimum Gasteiger partial charge on any atom is -0.389 e. The van der Waals surface area contributed by atoms with E-state index in [1.54, 1.807) is 19.1 Å². The van der Waals surface area contributed by atoms with Gasteiger partial charge in [-0.25, -0.2) is 4.39 Å². The van der Waals surface area contributed by atoms with Crippen molar-refractivity contribution in [3.8, 4) is 0 Å². The number of hydrogen-bond donors (Lipinski definition) is 1. The molecule has 2 unspecified atom stereocenters. The molecular formula is C14H22FNO. The van der Waals surface area contributed by atoms with Crippen LogP contribution in [0.3, 0.4) is 0 Å². The lowest BCUT2D eigenvalue weighted by atomic mass is 10.0. The molecule has 0 aliphatic rings. The number of nitrogens with zero attached hydrogens (tertiary/aromatic N) is 1. The van der Waals surface area contributed by atoms with E-state index >= 15 is 0 Å². The minimum atomic E-state index is -0.664. The Morgan fingerprint density at radius 1 is 1.18 bits per heavy atom. The first-order valence-electron chi connectivity index (χ1n) is 6.05. The van der Waals surface area contributed by atoms with Crippen LogP contribution in [-0.2, 0) is 0 Å². The fraction of sp³-hybridized carbons (Fsp3) is 0.571. The van der Waals surface area contributed by atoms with E-state index in [1.165, 1.54) is 6.07 Å². The first-order valence-corrected chi connectivity index (χ1v) is 6.05. The largest absolute Gasteiger partial charge is 0.389 e. The molecule has 3 heteroatoms. The number of para-hydroxylation sites is 1. The van der Waals surface area contributed by atoms with Gasteiger partial charge < -0.3 is 10.0 Å². The maximum absolute atomic E-state index is 13.9. The SMILES string of the molecule is CC(O)c1cccc(F)c1N(C)C(C)C(C)C. The van der Waals surface area contributed by atoms with Gasteiger partial charge in [-0.3, -0.25) is 0 Å². The Morgan fingerprint density at radius 3 is 2.24 bits per heavy atom. The molecule has 0 bridgehead atoms. The second kappa shape index (κ2) is 5.50. The molecule has 0 spiro atoms. The zero-order valence-corrected chi connectivity index (χ0v) is 11.2. The Labute approximate surface area is 103 Å². The second-order valence-corrected chi connectivity index (χ2v) is 4.95. The van der Waals surface area contributed by atoms with Crippen molar-refractivity contribution < 1.29 is 9.50 Å². The topological polar surface area (TPSA) is 23.5 Å². The molecule has 0 heterocycles. The Morgan fingerprint density at radius 2 is 1.76 bits per heavy atom. The van der Waals surface area contributed by atoms with Crippen molar-refractivity contribution in [3.63, 3.8) is 0 Å². The molecule has 1 aromatic rings. The molecule has 0 saturated heterocycles. The Bertz CT molecular complexity index is 376. The van der Waals surface area contributed by atoms with Gasteiger partial charge in [0, 0.05) is 18.7 Å². The van der Waals surface area contributed by atoms with Gasteiger partial charge in [0.25, 0.3) is 0 Å². The predicted octanol–water partition coefficient (Wildman–Crippen LogP) is 3.36. The molecule has 1 N–H and O–H groups in total. The van der Waals surface area contributed by atoms with Crippen molar-refractivity contribution in [2.75, 3.05) is 11.9 Å². The fourth-order valence-electron chi connectivity index (χ4n) is 1.89. The summed E-state index contributed by atoms with van der Waals surface area (Å²) in [4.78, 5) is 1.90. The van der Waals surface area contributed by atoms with Gasteiger partial charge in [-0.2, -0.15) is 0 Å². The lowest BCUT2D eigenvalue weighted by molar-refractivity contribution is 0.199.